The van der Waals surface area contributed by atoms with Gasteiger partial charge in [-0.3, -0.25) is 5.32 Å². The Hall–Kier alpha value is -1.49. The van der Waals surface area contributed by atoms with Crippen LogP contribution in [0.4, 0.5) is 11.5 Å². The molecule has 0 saturated heterocycles. The lowest BCUT2D eigenvalue weighted by molar-refractivity contribution is -0.482. The van der Waals surface area contributed by atoms with E-state index in [2.05, 4.69) is 48.2 Å². The number of hydrogen-bond acceptors (Lipinski definition) is 3. The third kappa shape index (κ3) is 2.42. The number of rotatable bonds is 2. The van der Waals surface area contributed by atoms with Gasteiger partial charge in [0.25, 0.3) is 5.82 Å². The minimum Gasteiger partial charge on any atom is -0.263 e. The molecule has 0 saturated carbocycles. The molecule has 0 bridgehead atoms. The monoisotopic (exact) mass is 304 g/mol. The number of nitrogens with two attached hydrogens (primary N) is 1. The summed E-state index contributed by atoms with van der Waals surface area (Å²) < 4.78 is 1.08. The lowest BCUT2D eigenvalue weighted by atomic mass is 10.1. The first-order valence-corrected chi connectivity index (χ1v) is 7.63. The fraction of sp³-hybridized carbons (Fsp3) is 0.200. The molecule has 0 spiro atoms. The zero-order valence-electron chi connectivity index (χ0n) is 11.6. The van der Waals surface area contributed by atoms with Crippen LogP contribution in [0.15, 0.2) is 23.6 Å². The van der Waals surface area contributed by atoms with Gasteiger partial charge < -0.3 is 0 Å². The van der Waals surface area contributed by atoms with Crippen LogP contribution in [0.25, 0.3) is 10.2 Å². The maximum absolute atomic E-state index is 6.01. The van der Waals surface area contributed by atoms with Crippen molar-refractivity contribution in [1.82, 2.24) is 9.97 Å². The van der Waals surface area contributed by atoms with E-state index >= 15 is 0 Å². The van der Waals surface area contributed by atoms with Crippen LogP contribution in [-0.2, 0) is 0 Å². The topological polar surface area (TPSA) is 42.4 Å². The molecule has 1 aromatic carbocycles. The predicted octanol–water partition coefficient (Wildman–Crippen LogP) is 3.80. The molecule has 2 heterocycles. The summed E-state index contributed by atoms with van der Waals surface area (Å²) in [6.45, 7) is 6.36. The van der Waals surface area contributed by atoms with Crippen LogP contribution < -0.4 is 5.32 Å². The number of aryl methyl sites for hydroxylation is 3. The van der Waals surface area contributed by atoms with Gasteiger partial charge >= 0.3 is 0 Å². The number of thiophene rings is 1. The molecule has 0 radical (unpaired) electrons. The second kappa shape index (κ2) is 5.13. The van der Waals surface area contributed by atoms with Crippen LogP contribution in [0.2, 0.25) is 5.28 Å². The van der Waals surface area contributed by atoms with Crippen molar-refractivity contribution in [2.24, 2.45) is 0 Å². The van der Waals surface area contributed by atoms with Gasteiger partial charge in [0.1, 0.15) is 10.4 Å². The Bertz CT molecular complexity index is 772. The van der Waals surface area contributed by atoms with Gasteiger partial charge in [-0.25, -0.2) is 4.98 Å². The van der Waals surface area contributed by atoms with E-state index in [1.807, 2.05) is 11.4 Å². The molecule has 0 aliphatic heterocycles. The Morgan fingerprint density at radius 3 is 2.50 bits per heavy atom. The quantitative estimate of drug-likeness (QED) is 0.578. The molecular weight excluding hydrogens is 290 g/mol. The standard InChI is InChI=1S/C15H14ClN3S/c1-8-6-9(2)12(10(3)7-8)18-14-13-11(4-5-20-13)17-15(16)19-14/h4-7H,1-3H3,(H,17,18,19)/p+1. The molecule has 3 aromatic rings. The van der Waals surface area contributed by atoms with E-state index in [9.17, 15) is 0 Å². The van der Waals surface area contributed by atoms with Crippen LogP contribution in [0.5, 0.6) is 0 Å². The van der Waals surface area contributed by atoms with Gasteiger partial charge in [-0.2, -0.15) is 4.98 Å². The van der Waals surface area contributed by atoms with E-state index in [-0.39, 0.29) is 0 Å². The average molecular weight is 305 g/mol. The van der Waals surface area contributed by atoms with Crippen LogP contribution in [-0.4, -0.2) is 9.97 Å². The van der Waals surface area contributed by atoms with Crippen LogP contribution in [0, 0.1) is 20.8 Å². The van der Waals surface area contributed by atoms with Gasteiger partial charge in [0, 0.05) is 11.1 Å². The molecule has 0 fully saturated rings. The lowest BCUT2D eigenvalue weighted by Crippen LogP contribution is -2.72. The molecule has 102 valence electrons. The molecule has 3 rings (SSSR count). The summed E-state index contributed by atoms with van der Waals surface area (Å²) in [5.74, 6) is 0.894. The minimum atomic E-state index is 0.296. The van der Waals surface area contributed by atoms with Gasteiger partial charge in [0.15, 0.2) is 0 Å². The first kappa shape index (κ1) is 13.5. The van der Waals surface area contributed by atoms with Crippen LogP contribution >= 0.6 is 22.9 Å². The van der Waals surface area contributed by atoms with Crippen molar-refractivity contribution >= 4 is 44.7 Å². The highest BCUT2D eigenvalue weighted by Crippen LogP contribution is 2.26. The predicted molar refractivity (Wildman–Crippen MR) is 84.3 cm³/mol. The summed E-state index contributed by atoms with van der Waals surface area (Å²) in [5, 5.41) is 4.42. The Kier molecular flexibility index (Phi) is 3.46. The van der Waals surface area contributed by atoms with Gasteiger partial charge in [-0.1, -0.05) is 17.7 Å². The summed E-state index contributed by atoms with van der Waals surface area (Å²) >= 11 is 7.66. The Morgan fingerprint density at radius 2 is 1.80 bits per heavy atom. The molecule has 0 aliphatic rings. The summed E-state index contributed by atoms with van der Waals surface area (Å²) in [6.07, 6.45) is 0. The van der Waals surface area contributed by atoms with Crippen molar-refractivity contribution in [3.8, 4) is 0 Å². The number of nitrogens with zero attached hydrogens (tertiary/aromatic N) is 2. The highest BCUT2D eigenvalue weighted by atomic mass is 35.5. The van der Waals surface area contributed by atoms with E-state index in [1.54, 1.807) is 11.3 Å². The molecule has 0 amide bonds. The molecule has 0 aliphatic carbocycles. The highest BCUT2D eigenvalue weighted by Gasteiger charge is 2.15. The average Bonchev–Trinajstić information content (AvgIpc) is 2.81. The molecule has 0 unspecified atom stereocenters. The number of benzene rings is 1. The van der Waals surface area contributed by atoms with Crippen molar-refractivity contribution in [3.05, 3.63) is 45.6 Å². The van der Waals surface area contributed by atoms with Gasteiger partial charge in [-0.05, 0) is 43.8 Å². The smallest absolute Gasteiger partial charge is 0.252 e. The van der Waals surface area contributed by atoms with Crippen molar-refractivity contribution in [2.45, 2.75) is 20.8 Å². The maximum Gasteiger partial charge on any atom is 0.252 e. The van der Waals surface area contributed by atoms with Crippen molar-refractivity contribution in [2.75, 3.05) is 0 Å². The zero-order valence-corrected chi connectivity index (χ0v) is 13.1. The van der Waals surface area contributed by atoms with E-state index in [1.165, 1.54) is 22.4 Å². The minimum absolute atomic E-state index is 0.296. The molecular formula is C15H15ClN3S+. The summed E-state index contributed by atoms with van der Waals surface area (Å²) in [7, 11) is 0. The molecule has 3 nitrogen and oxygen atoms in total. The third-order valence-corrected chi connectivity index (χ3v) is 4.42. The first-order valence-electron chi connectivity index (χ1n) is 6.38. The number of quaternary nitrogens is 1. The maximum atomic E-state index is 6.01. The Morgan fingerprint density at radius 1 is 1.10 bits per heavy atom. The van der Waals surface area contributed by atoms with Crippen LogP contribution in [0.3, 0.4) is 0 Å². The van der Waals surface area contributed by atoms with Gasteiger partial charge in [0.2, 0.25) is 5.28 Å². The Labute approximate surface area is 126 Å². The second-order valence-electron chi connectivity index (χ2n) is 4.97. The van der Waals surface area contributed by atoms with E-state index < -0.39 is 0 Å². The normalized spacial score (nSPS) is 11.2. The molecule has 0 atom stereocenters. The number of fused-ring (bicyclic) bond motifs is 1. The number of hydrogen-bond donors (Lipinski definition) is 1. The summed E-state index contributed by atoms with van der Waals surface area (Å²) in [6, 6.07) is 6.35. The molecule has 2 N–H and O–H groups in total. The van der Waals surface area contributed by atoms with E-state index in [4.69, 9.17) is 11.6 Å². The molecule has 2 aromatic heterocycles. The second-order valence-corrected chi connectivity index (χ2v) is 6.22. The highest BCUT2D eigenvalue weighted by molar-refractivity contribution is 7.17. The number of halogens is 1. The van der Waals surface area contributed by atoms with Gasteiger partial charge in [-0.15, -0.1) is 11.3 Å². The number of aromatic nitrogens is 2. The largest absolute Gasteiger partial charge is 0.263 e. The van der Waals surface area contributed by atoms with E-state index in [0.717, 1.165) is 16.0 Å². The molecule has 20 heavy (non-hydrogen) atoms. The first-order chi connectivity index (χ1) is 9.54. The SMILES string of the molecule is Cc1cc(C)c([NH2+]c2nc(Cl)nc3ccsc23)c(C)c1. The Balaban J connectivity index is 2.12. The van der Waals surface area contributed by atoms with Crippen molar-refractivity contribution in [1.29, 1.82) is 0 Å². The summed E-state index contributed by atoms with van der Waals surface area (Å²) in [5.41, 5.74) is 5.90. The molecule has 5 heteroatoms. The van der Waals surface area contributed by atoms with Gasteiger partial charge in [0.05, 0.1) is 5.52 Å². The van der Waals surface area contributed by atoms with Crippen molar-refractivity contribution < 1.29 is 5.32 Å². The third-order valence-electron chi connectivity index (χ3n) is 3.32. The fourth-order valence-corrected chi connectivity index (χ4v) is 3.49. The lowest BCUT2D eigenvalue weighted by Gasteiger charge is -2.08. The fourth-order valence-electron chi connectivity index (χ4n) is 2.51. The van der Waals surface area contributed by atoms with E-state index in [0.29, 0.717) is 5.28 Å². The van der Waals surface area contributed by atoms with Crippen LogP contribution in [0.1, 0.15) is 16.7 Å². The van der Waals surface area contributed by atoms with Crippen molar-refractivity contribution in [3.63, 3.8) is 0 Å². The summed E-state index contributed by atoms with van der Waals surface area (Å²) in [4.78, 5) is 8.62. The zero-order chi connectivity index (χ0) is 14.3.